The molecule has 1 aliphatic rings. The first-order chi connectivity index (χ1) is 57.3. The Morgan fingerprint density at radius 1 is 0.259 bits per heavy atom. The minimum atomic E-state index is -0.447. The number of hydrogen-bond acceptors (Lipinski definition) is 5. The van der Waals surface area contributed by atoms with Gasteiger partial charge in [-0.15, -0.1) is 0 Å². The van der Waals surface area contributed by atoms with Crippen LogP contribution in [0.2, 0.25) is 0 Å². The zero-order chi connectivity index (χ0) is 75.9. The summed E-state index contributed by atoms with van der Waals surface area (Å²) in [6, 6.07) is 130. The minimum absolute atomic E-state index is 0.447. The third kappa shape index (κ3) is 8.69. The summed E-state index contributed by atoms with van der Waals surface area (Å²) in [5, 5.41) is 31.7. The quantitative estimate of drug-likeness (QED) is 0.155. The van der Waals surface area contributed by atoms with Gasteiger partial charge in [-0.3, -0.25) is 9.13 Å². The summed E-state index contributed by atoms with van der Waals surface area (Å²) in [7, 11) is 0. The monoisotopic (exact) mass is 1470 g/mol. The van der Waals surface area contributed by atoms with Crippen LogP contribution in [0.5, 0.6) is 0 Å². The Labute approximate surface area is 663 Å². The van der Waals surface area contributed by atoms with Crippen LogP contribution >= 0.6 is 0 Å². The van der Waals surface area contributed by atoms with Crippen LogP contribution in [-0.2, 0) is 5.41 Å². The van der Waals surface area contributed by atoms with E-state index in [9.17, 15) is 0 Å². The van der Waals surface area contributed by atoms with Gasteiger partial charge in [0.1, 0.15) is 16.8 Å². The average molecular weight is 1470 g/mol. The molecule has 26 rings (SSSR count). The Morgan fingerprint density at radius 3 is 1.39 bits per heavy atom. The van der Waals surface area contributed by atoms with E-state index in [1.165, 1.54) is 97.3 Å². The number of para-hydroxylation sites is 1. The molecule has 0 amide bonds. The number of hydrogen-bond donors (Lipinski definition) is 0. The maximum absolute atomic E-state index is 6.64. The standard InChI is InChI=1S/C109H64N6O/c1-109(2)90-40-19-17-36-84(90)101-99(109)102(113-108(112-101)115-92-57-54-82-77-32-12-11-30-75(77)76-31-13-14-33-78(76)95(82)98(92)87-53-51-64-24-5-10-29-74(64)105(87)115)89-60-69(58-67-25-6-8-27-71(67)89)61-42-44-65(45-43-61)72-38-21-39-80-83-55-56-91-97(96(83)81-35-16-15-34-79(81)94(72)80)86-52-50-63-23-4-9-28-73(63)104(86)114(91)106-100(111-107-103(110-106)85-37-18-20-41-93(85)116-107)68-49-48-66-47-46-62-22-3-7-26-70(62)88(66)59-68/h3-60H,1-2H3. The highest BCUT2D eigenvalue weighted by atomic mass is 16.3. The normalized spacial score (nSPS) is 13.0. The first-order valence-corrected chi connectivity index (χ1v) is 40.0. The van der Waals surface area contributed by atoms with Crippen LogP contribution in [0.25, 0.3) is 252 Å². The predicted molar refractivity (Wildman–Crippen MR) is 485 cm³/mol. The van der Waals surface area contributed by atoms with E-state index < -0.39 is 5.41 Å². The molecule has 20 aromatic carbocycles. The maximum atomic E-state index is 6.64. The molecule has 7 heteroatoms. The zero-order valence-corrected chi connectivity index (χ0v) is 63.1. The number of rotatable bonds is 6. The van der Waals surface area contributed by atoms with Crippen molar-refractivity contribution in [3.05, 3.63) is 363 Å². The Bertz CT molecular complexity index is 8690. The summed E-state index contributed by atoms with van der Waals surface area (Å²) in [6.07, 6.45) is 0. The SMILES string of the molecule is CC1(C)c2ccccc2-c2nc(-n3c4ccc5c6ccccc6c6ccccc6c5c4c4ccc5ccccc5c43)nc(-c3cc(-c4ccc(-c5cccc6c7ccc8c(c9ccc%10ccccc%10c9n8-c8nc9c(nc8-c8ccc%10ccc%11ccccc%11c%10c8)oc8ccccc89)c7c7ccccc7c56)cc4)cc4ccccc34)c21. The molecule has 536 valence electrons. The highest BCUT2D eigenvalue weighted by Crippen LogP contribution is 2.55. The van der Waals surface area contributed by atoms with Crippen molar-refractivity contribution >= 4 is 184 Å². The topological polar surface area (TPSA) is 74.6 Å². The van der Waals surface area contributed by atoms with Crippen LogP contribution in [0.15, 0.2) is 356 Å². The van der Waals surface area contributed by atoms with Crippen LogP contribution in [0.1, 0.15) is 25.0 Å². The number of nitrogens with zero attached hydrogens (tertiary/aromatic N) is 6. The number of aromatic nitrogens is 6. The van der Waals surface area contributed by atoms with Gasteiger partial charge in [0.05, 0.1) is 33.5 Å². The van der Waals surface area contributed by atoms with Crippen molar-refractivity contribution in [3.8, 4) is 67.8 Å². The summed E-state index contributed by atoms with van der Waals surface area (Å²) in [6.45, 7) is 4.71. The smallest absolute Gasteiger partial charge is 0.247 e. The number of furan rings is 1. The molecule has 5 heterocycles. The van der Waals surface area contributed by atoms with Crippen molar-refractivity contribution in [1.29, 1.82) is 0 Å². The van der Waals surface area contributed by atoms with Gasteiger partial charge >= 0.3 is 0 Å². The lowest BCUT2D eigenvalue weighted by Crippen LogP contribution is -2.18. The van der Waals surface area contributed by atoms with E-state index in [0.717, 1.165) is 154 Å². The molecule has 25 aromatic rings. The fourth-order valence-corrected chi connectivity index (χ4v) is 20.7. The molecular formula is C109H64N6O. The first-order valence-electron chi connectivity index (χ1n) is 40.0. The summed E-state index contributed by atoms with van der Waals surface area (Å²) in [4.78, 5) is 23.4. The van der Waals surface area contributed by atoms with Gasteiger partial charge in [0, 0.05) is 76.1 Å². The Morgan fingerprint density at radius 2 is 0.707 bits per heavy atom. The molecular weight excluding hydrogens is 1410 g/mol. The van der Waals surface area contributed by atoms with Gasteiger partial charge in [-0.1, -0.05) is 323 Å². The van der Waals surface area contributed by atoms with Crippen molar-refractivity contribution in [2.24, 2.45) is 0 Å². The van der Waals surface area contributed by atoms with E-state index in [1.807, 2.05) is 12.1 Å². The Balaban J connectivity index is 0.666. The molecule has 0 bridgehead atoms. The second kappa shape index (κ2) is 23.5. The van der Waals surface area contributed by atoms with Crippen LogP contribution in [0.3, 0.4) is 0 Å². The number of benzene rings is 20. The highest BCUT2D eigenvalue weighted by Gasteiger charge is 2.41. The van der Waals surface area contributed by atoms with Crippen LogP contribution in [0.4, 0.5) is 0 Å². The second-order valence-corrected chi connectivity index (χ2v) is 32.1. The fraction of sp³-hybridized carbons (Fsp3) is 0.0275. The van der Waals surface area contributed by atoms with E-state index in [-0.39, 0.29) is 0 Å². The van der Waals surface area contributed by atoms with Gasteiger partial charge in [-0.2, -0.15) is 0 Å². The highest BCUT2D eigenvalue weighted by molar-refractivity contribution is 6.39. The molecule has 1 aliphatic carbocycles. The van der Waals surface area contributed by atoms with Crippen molar-refractivity contribution in [2.75, 3.05) is 0 Å². The molecule has 0 saturated carbocycles. The molecule has 0 spiro atoms. The minimum Gasteiger partial charge on any atom is -0.436 e. The predicted octanol–water partition coefficient (Wildman–Crippen LogP) is 29.0. The third-order valence-electron chi connectivity index (χ3n) is 25.8. The van der Waals surface area contributed by atoms with Crippen molar-refractivity contribution in [2.45, 2.75) is 19.3 Å². The van der Waals surface area contributed by atoms with Gasteiger partial charge in [-0.25, -0.2) is 19.9 Å². The largest absolute Gasteiger partial charge is 0.436 e. The lowest BCUT2D eigenvalue weighted by Gasteiger charge is -2.25. The number of fused-ring (bicyclic) bond motifs is 34. The van der Waals surface area contributed by atoms with Crippen molar-refractivity contribution in [1.82, 2.24) is 29.1 Å². The molecule has 0 radical (unpaired) electrons. The van der Waals surface area contributed by atoms with E-state index in [4.69, 9.17) is 24.4 Å². The first kappa shape index (κ1) is 63.5. The zero-order valence-electron chi connectivity index (χ0n) is 63.1. The van der Waals surface area contributed by atoms with Gasteiger partial charge in [-0.05, 0) is 167 Å². The molecule has 0 N–H and O–H groups in total. The summed E-state index contributed by atoms with van der Waals surface area (Å²) >= 11 is 0. The fourth-order valence-electron chi connectivity index (χ4n) is 20.7. The molecule has 0 fully saturated rings. The van der Waals surface area contributed by atoms with Crippen molar-refractivity contribution < 1.29 is 4.42 Å². The second-order valence-electron chi connectivity index (χ2n) is 32.1. The maximum Gasteiger partial charge on any atom is 0.247 e. The molecule has 0 saturated heterocycles. The van der Waals surface area contributed by atoms with E-state index in [1.54, 1.807) is 0 Å². The lowest BCUT2D eigenvalue weighted by molar-refractivity contribution is 0.653. The summed E-state index contributed by atoms with van der Waals surface area (Å²) < 4.78 is 11.4. The summed E-state index contributed by atoms with van der Waals surface area (Å²) in [5.74, 6) is 1.37. The lowest BCUT2D eigenvalue weighted by atomic mass is 9.80. The Hall–Kier alpha value is -15.2. The van der Waals surface area contributed by atoms with Crippen LogP contribution < -0.4 is 0 Å². The third-order valence-corrected chi connectivity index (χ3v) is 25.8. The molecule has 7 nitrogen and oxygen atoms in total. The van der Waals surface area contributed by atoms with E-state index in [0.29, 0.717) is 11.7 Å². The van der Waals surface area contributed by atoms with E-state index >= 15 is 0 Å². The van der Waals surface area contributed by atoms with E-state index in [2.05, 4.69) is 363 Å². The Kier molecular flexibility index (Phi) is 12.8. The van der Waals surface area contributed by atoms with Gasteiger partial charge < -0.3 is 4.42 Å². The molecule has 116 heavy (non-hydrogen) atoms. The molecule has 0 atom stereocenters. The molecule has 0 unspecified atom stereocenters. The summed E-state index contributed by atoms with van der Waals surface area (Å²) in [5.41, 5.74) is 18.4. The van der Waals surface area contributed by atoms with Gasteiger partial charge in [0.25, 0.3) is 0 Å². The van der Waals surface area contributed by atoms with Crippen LogP contribution in [0, 0.1) is 0 Å². The van der Waals surface area contributed by atoms with Gasteiger partial charge in [0.2, 0.25) is 11.7 Å². The molecule has 5 aromatic heterocycles. The molecule has 0 aliphatic heterocycles. The van der Waals surface area contributed by atoms with Gasteiger partial charge in [0.15, 0.2) is 5.82 Å². The van der Waals surface area contributed by atoms with Crippen LogP contribution in [-0.4, -0.2) is 29.1 Å². The van der Waals surface area contributed by atoms with Crippen molar-refractivity contribution in [3.63, 3.8) is 0 Å². The average Bonchev–Trinajstić information content (AvgIpc) is 1.54.